The monoisotopic (exact) mass is 517 g/mol. The molecule has 0 saturated carbocycles. The Morgan fingerprint density at radius 1 is 0.676 bits per heavy atom. The first kappa shape index (κ1) is 28.0. The van der Waals surface area contributed by atoms with Gasteiger partial charge in [0.05, 0.1) is 0 Å². The third kappa shape index (κ3) is 7.53. The van der Waals surface area contributed by atoms with Gasteiger partial charge in [-0.05, 0) is 62.1 Å². The van der Waals surface area contributed by atoms with Crippen LogP contribution in [0.3, 0.4) is 0 Å². The van der Waals surface area contributed by atoms with Gasteiger partial charge in [-0.3, -0.25) is 0 Å². The van der Waals surface area contributed by atoms with Crippen LogP contribution in [0.4, 0.5) is 0 Å². The summed E-state index contributed by atoms with van der Waals surface area (Å²) in [6, 6.07) is 33.6. The SMILES string of the molecule is CCCCCCCCCCC(OC1CCCCO1)[P+](c1ccccc1)(c1ccccc1)c1ccccc1. The van der Waals surface area contributed by atoms with Gasteiger partial charge < -0.3 is 9.47 Å². The maximum Gasteiger partial charge on any atom is 0.184 e. The normalized spacial score (nSPS) is 16.9. The first-order chi connectivity index (χ1) is 18.4. The number of ether oxygens (including phenoxy) is 2. The highest BCUT2D eigenvalue weighted by Gasteiger charge is 2.53. The number of unbranched alkanes of at least 4 members (excludes halogenated alkanes) is 7. The molecule has 2 atom stereocenters. The zero-order valence-electron chi connectivity index (χ0n) is 22.8. The van der Waals surface area contributed by atoms with E-state index < -0.39 is 7.26 Å². The van der Waals surface area contributed by atoms with Gasteiger partial charge in [-0.2, -0.15) is 0 Å². The average molecular weight is 518 g/mol. The molecule has 3 heteroatoms. The third-order valence-electron chi connectivity index (χ3n) is 7.67. The van der Waals surface area contributed by atoms with Crippen LogP contribution in [-0.2, 0) is 9.47 Å². The molecule has 0 N–H and O–H groups in total. The molecule has 0 aromatic heterocycles. The van der Waals surface area contributed by atoms with Crippen molar-refractivity contribution in [3.8, 4) is 0 Å². The van der Waals surface area contributed by atoms with Crippen LogP contribution in [0.15, 0.2) is 91.0 Å². The predicted molar refractivity (Wildman–Crippen MR) is 161 cm³/mol. The van der Waals surface area contributed by atoms with Crippen molar-refractivity contribution in [2.75, 3.05) is 6.61 Å². The first-order valence-corrected chi connectivity index (χ1v) is 16.5. The van der Waals surface area contributed by atoms with E-state index in [2.05, 4.69) is 97.9 Å². The molecule has 1 saturated heterocycles. The van der Waals surface area contributed by atoms with Crippen LogP contribution in [0.1, 0.15) is 84.0 Å². The zero-order chi connectivity index (χ0) is 25.6. The van der Waals surface area contributed by atoms with E-state index in [4.69, 9.17) is 9.47 Å². The summed E-state index contributed by atoms with van der Waals surface area (Å²) < 4.78 is 13.3. The fourth-order valence-electron chi connectivity index (χ4n) is 5.73. The maximum atomic E-state index is 7.11. The number of hydrogen-bond acceptors (Lipinski definition) is 2. The van der Waals surface area contributed by atoms with Crippen molar-refractivity contribution in [2.45, 2.75) is 96.1 Å². The Kier molecular flexibility index (Phi) is 11.7. The minimum atomic E-state index is -2.10. The Balaban J connectivity index is 1.69. The minimum Gasteiger partial charge on any atom is -0.352 e. The van der Waals surface area contributed by atoms with E-state index in [0.717, 1.165) is 25.9 Å². The van der Waals surface area contributed by atoms with E-state index in [1.54, 1.807) is 0 Å². The Hall–Kier alpha value is -1.99. The molecular weight excluding hydrogens is 471 g/mol. The van der Waals surface area contributed by atoms with Crippen LogP contribution in [0.25, 0.3) is 0 Å². The lowest BCUT2D eigenvalue weighted by Gasteiger charge is -2.37. The average Bonchev–Trinajstić information content (AvgIpc) is 2.97. The number of benzene rings is 3. The minimum absolute atomic E-state index is 0.0860. The van der Waals surface area contributed by atoms with E-state index in [1.807, 2.05) is 0 Å². The van der Waals surface area contributed by atoms with Gasteiger partial charge >= 0.3 is 0 Å². The predicted octanol–water partition coefficient (Wildman–Crippen LogP) is 8.38. The molecule has 0 amide bonds. The lowest BCUT2D eigenvalue weighted by Crippen LogP contribution is -2.42. The molecule has 1 fully saturated rings. The van der Waals surface area contributed by atoms with Crippen LogP contribution in [0.2, 0.25) is 0 Å². The molecule has 1 aliphatic heterocycles. The summed E-state index contributed by atoms with van der Waals surface area (Å²) >= 11 is 0. The topological polar surface area (TPSA) is 18.5 Å². The van der Waals surface area contributed by atoms with Crippen LogP contribution in [-0.4, -0.2) is 18.7 Å². The Morgan fingerprint density at radius 3 is 1.62 bits per heavy atom. The summed E-state index contributed by atoms with van der Waals surface area (Å²) in [4.78, 5) is 0. The highest BCUT2D eigenvalue weighted by Crippen LogP contribution is 2.61. The molecule has 0 bridgehead atoms. The van der Waals surface area contributed by atoms with Gasteiger partial charge in [-0.15, -0.1) is 0 Å². The number of rotatable bonds is 15. The van der Waals surface area contributed by atoms with Crippen LogP contribution in [0, 0.1) is 0 Å². The van der Waals surface area contributed by atoms with Gasteiger partial charge in [-0.1, -0.05) is 106 Å². The second kappa shape index (κ2) is 15.4. The maximum absolute atomic E-state index is 7.11. The molecule has 2 unspecified atom stereocenters. The van der Waals surface area contributed by atoms with Crippen molar-refractivity contribution in [2.24, 2.45) is 0 Å². The molecule has 3 aromatic carbocycles. The molecule has 0 aliphatic carbocycles. The first-order valence-electron chi connectivity index (χ1n) is 14.7. The lowest BCUT2D eigenvalue weighted by molar-refractivity contribution is -0.172. The van der Waals surface area contributed by atoms with Crippen molar-refractivity contribution < 1.29 is 9.47 Å². The summed E-state index contributed by atoms with van der Waals surface area (Å²) in [5.41, 5.74) is 0. The van der Waals surface area contributed by atoms with E-state index in [0.29, 0.717) is 0 Å². The van der Waals surface area contributed by atoms with E-state index in [9.17, 15) is 0 Å². The second-order valence-corrected chi connectivity index (χ2v) is 14.0. The van der Waals surface area contributed by atoms with E-state index in [-0.39, 0.29) is 12.1 Å². The molecule has 2 nitrogen and oxygen atoms in total. The summed E-state index contributed by atoms with van der Waals surface area (Å²) in [5, 5.41) is 4.19. The van der Waals surface area contributed by atoms with Crippen molar-refractivity contribution in [3.05, 3.63) is 91.0 Å². The molecule has 4 rings (SSSR count). The van der Waals surface area contributed by atoms with Gasteiger partial charge in [0.25, 0.3) is 0 Å². The van der Waals surface area contributed by atoms with Crippen molar-refractivity contribution in [1.29, 1.82) is 0 Å². The van der Waals surface area contributed by atoms with E-state index in [1.165, 1.54) is 73.7 Å². The number of hydrogen-bond donors (Lipinski definition) is 0. The van der Waals surface area contributed by atoms with Crippen LogP contribution >= 0.6 is 7.26 Å². The highest BCUT2D eigenvalue weighted by molar-refractivity contribution is 7.96. The largest absolute Gasteiger partial charge is 0.352 e. The van der Waals surface area contributed by atoms with Crippen molar-refractivity contribution in [3.63, 3.8) is 0 Å². The second-order valence-electron chi connectivity index (χ2n) is 10.4. The Bertz CT molecular complexity index is 889. The van der Waals surface area contributed by atoms with Gasteiger partial charge in [0, 0.05) is 13.0 Å². The van der Waals surface area contributed by atoms with Crippen molar-refractivity contribution >= 4 is 23.2 Å². The molecule has 0 radical (unpaired) electrons. The Labute approximate surface area is 226 Å². The molecule has 37 heavy (non-hydrogen) atoms. The van der Waals surface area contributed by atoms with Crippen molar-refractivity contribution in [1.82, 2.24) is 0 Å². The highest BCUT2D eigenvalue weighted by atomic mass is 31.2. The van der Waals surface area contributed by atoms with Crippen LogP contribution < -0.4 is 15.9 Å². The summed E-state index contributed by atoms with van der Waals surface area (Å²) in [6.45, 7) is 3.10. The smallest absolute Gasteiger partial charge is 0.184 e. The molecular formula is C34H46O2P+. The summed E-state index contributed by atoms with van der Waals surface area (Å²) in [7, 11) is -2.10. The fraction of sp³-hybridized carbons (Fsp3) is 0.471. The lowest BCUT2D eigenvalue weighted by atomic mass is 10.1. The molecule has 3 aromatic rings. The van der Waals surface area contributed by atoms with Gasteiger partial charge in [0.2, 0.25) is 0 Å². The quantitative estimate of drug-likeness (QED) is 0.149. The zero-order valence-corrected chi connectivity index (χ0v) is 23.7. The summed E-state index contributed by atoms with van der Waals surface area (Å²) in [5.74, 6) is 0.0860. The molecule has 198 valence electrons. The standard InChI is InChI=1S/C34H46O2P/c1-2-3-4-5-6-7-8-18-28-34(36-33-27-19-20-29-35-33)37(30-21-12-9-13-22-30,31-23-14-10-15-24-31)32-25-16-11-17-26-32/h9-17,21-26,33-34H,2-8,18-20,27-29H2,1H3/q+1. The van der Waals surface area contributed by atoms with Gasteiger partial charge in [0.15, 0.2) is 12.1 Å². The van der Waals surface area contributed by atoms with Gasteiger partial charge in [-0.25, -0.2) is 0 Å². The molecule has 0 spiro atoms. The summed E-state index contributed by atoms with van der Waals surface area (Å²) in [6.07, 6.45) is 14.8. The third-order valence-corrected chi connectivity index (χ3v) is 12.3. The Morgan fingerprint density at radius 2 is 1.16 bits per heavy atom. The molecule has 1 heterocycles. The van der Waals surface area contributed by atoms with E-state index >= 15 is 0 Å². The van der Waals surface area contributed by atoms with Gasteiger partial charge in [0.1, 0.15) is 23.2 Å². The molecule has 1 aliphatic rings. The van der Waals surface area contributed by atoms with Crippen LogP contribution in [0.5, 0.6) is 0 Å². The fourth-order valence-corrected chi connectivity index (χ4v) is 10.4.